The Morgan fingerprint density at radius 1 is 1.18 bits per heavy atom. The summed E-state index contributed by atoms with van der Waals surface area (Å²) < 4.78 is 0. The van der Waals surface area contributed by atoms with E-state index in [0.717, 1.165) is 18.9 Å². The van der Waals surface area contributed by atoms with Crippen molar-refractivity contribution in [2.24, 2.45) is 17.6 Å². The number of hydrogen-bond donors (Lipinski definition) is 1. The van der Waals surface area contributed by atoms with Crippen LogP contribution in [-0.2, 0) is 0 Å². The molecule has 1 saturated carbocycles. The summed E-state index contributed by atoms with van der Waals surface area (Å²) in [6.45, 7) is 0.833. The Morgan fingerprint density at radius 3 is 2.18 bits per heavy atom. The standard InChI is InChI=1S/C9H16N2/c10-6-5-8-1-3-9(7-11)4-2-8/h8-9H,1-5,7,11H2/t8-,9-. The Kier molecular flexibility index (Phi) is 3.38. The summed E-state index contributed by atoms with van der Waals surface area (Å²) in [5, 5.41) is 8.47. The Bertz CT molecular complexity index is 140. The maximum atomic E-state index is 8.47. The number of nitrogens with zero attached hydrogens (tertiary/aromatic N) is 1. The van der Waals surface area contributed by atoms with Crippen molar-refractivity contribution in [3.63, 3.8) is 0 Å². The highest BCUT2D eigenvalue weighted by atomic mass is 14.5. The maximum absolute atomic E-state index is 8.47. The van der Waals surface area contributed by atoms with E-state index in [2.05, 4.69) is 6.07 Å². The first kappa shape index (κ1) is 8.55. The number of nitrogens with two attached hydrogens (primary N) is 1. The molecule has 1 aliphatic carbocycles. The summed E-state index contributed by atoms with van der Waals surface area (Å²) >= 11 is 0. The fourth-order valence-corrected chi connectivity index (χ4v) is 1.80. The maximum Gasteiger partial charge on any atom is 0.0624 e. The molecule has 0 amide bonds. The largest absolute Gasteiger partial charge is 0.330 e. The third-order valence-electron chi connectivity index (χ3n) is 2.68. The lowest BCUT2D eigenvalue weighted by molar-refractivity contribution is 0.283. The van der Waals surface area contributed by atoms with Crippen molar-refractivity contribution in [3.8, 4) is 6.07 Å². The highest BCUT2D eigenvalue weighted by Gasteiger charge is 2.19. The predicted molar refractivity (Wildman–Crippen MR) is 44.7 cm³/mol. The van der Waals surface area contributed by atoms with Gasteiger partial charge < -0.3 is 5.73 Å². The van der Waals surface area contributed by atoms with Crippen LogP contribution in [0.15, 0.2) is 0 Å². The minimum atomic E-state index is 0.669. The quantitative estimate of drug-likeness (QED) is 0.654. The van der Waals surface area contributed by atoms with Crippen LogP contribution in [0.4, 0.5) is 0 Å². The van der Waals surface area contributed by atoms with Gasteiger partial charge in [-0.05, 0) is 44.1 Å². The van der Waals surface area contributed by atoms with Crippen LogP contribution in [0.2, 0.25) is 0 Å². The van der Waals surface area contributed by atoms with Crippen molar-refractivity contribution in [1.82, 2.24) is 0 Å². The molecule has 0 heterocycles. The van der Waals surface area contributed by atoms with Gasteiger partial charge in [0.2, 0.25) is 0 Å². The van der Waals surface area contributed by atoms with E-state index in [0.29, 0.717) is 5.92 Å². The Balaban J connectivity index is 2.20. The fourth-order valence-electron chi connectivity index (χ4n) is 1.80. The molecule has 0 radical (unpaired) electrons. The molecule has 1 aliphatic rings. The second-order valence-electron chi connectivity index (χ2n) is 3.48. The van der Waals surface area contributed by atoms with E-state index in [1.807, 2.05) is 0 Å². The monoisotopic (exact) mass is 152 g/mol. The molecule has 1 rings (SSSR count). The van der Waals surface area contributed by atoms with E-state index >= 15 is 0 Å². The first-order chi connectivity index (χ1) is 5.36. The minimum absolute atomic E-state index is 0.669. The van der Waals surface area contributed by atoms with Crippen LogP contribution in [0.3, 0.4) is 0 Å². The van der Waals surface area contributed by atoms with Gasteiger partial charge in [0.25, 0.3) is 0 Å². The van der Waals surface area contributed by atoms with Gasteiger partial charge in [0.1, 0.15) is 0 Å². The molecule has 2 heteroatoms. The molecule has 0 aliphatic heterocycles. The van der Waals surface area contributed by atoms with Crippen molar-refractivity contribution < 1.29 is 0 Å². The normalized spacial score (nSPS) is 31.3. The van der Waals surface area contributed by atoms with Crippen LogP contribution < -0.4 is 5.73 Å². The summed E-state index contributed by atoms with van der Waals surface area (Å²) in [4.78, 5) is 0. The van der Waals surface area contributed by atoms with Gasteiger partial charge >= 0.3 is 0 Å². The first-order valence-electron chi connectivity index (χ1n) is 4.43. The second-order valence-corrected chi connectivity index (χ2v) is 3.48. The molecule has 0 aromatic carbocycles. The zero-order valence-corrected chi connectivity index (χ0v) is 6.92. The van der Waals surface area contributed by atoms with Gasteiger partial charge in [-0.2, -0.15) is 5.26 Å². The molecule has 0 saturated heterocycles. The molecule has 1 fully saturated rings. The molecule has 0 bridgehead atoms. The van der Waals surface area contributed by atoms with Gasteiger partial charge in [-0.25, -0.2) is 0 Å². The lowest BCUT2D eigenvalue weighted by Crippen LogP contribution is -2.21. The van der Waals surface area contributed by atoms with Crippen molar-refractivity contribution in [2.75, 3.05) is 6.54 Å². The first-order valence-corrected chi connectivity index (χ1v) is 4.43. The summed E-state index contributed by atoms with van der Waals surface area (Å²) in [5.41, 5.74) is 5.56. The highest BCUT2D eigenvalue weighted by molar-refractivity contribution is 4.80. The topological polar surface area (TPSA) is 49.8 Å². The molecule has 62 valence electrons. The minimum Gasteiger partial charge on any atom is -0.330 e. The third kappa shape index (κ3) is 2.51. The number of nitriles is 1. The predicted octanol–water partition coefficient (Wildman–Crippen LogP) is 1.67. The average Bonchev–Trinajstić information content (AvgIpc) is 2.07. The second kappa shape index (κ2) is 4.35. The average molecular weight is 152 g/mol. The lowest BCUT2D eigenvalue weighted by Gasteiger charge is -2.25. The molecule has 0 aromatic heterocycles. The molecule has 2 nitrogen and oxygen atoms in total. The van der Waals surface area contributed by atoms with Crippen molar-refractivity contribution in [3.05, 3.63) is 0 Å². The number of rotatable bonds is 2. The van der Waals surface area contributed by atoms with Gasteiger partial charge in [-0.3, -0.25) is 0 Å². The smallest absolute Gasteiger partial charge is 0.0624 e. The molecular formula is C9H16N2. The molecule has 11 heavy (non-hydrogen) atoms. The van der Waals surface area contributed by atoms with E-state index < -0.39 is 0 Å². The molecule has 0 atom stereocenters. The Hall–Kier alpha value is -0.550. The van der Waals surface area contributed by atoms with Gasteiger partial charge in [-0.1, -0.05) is 0 Å². The zero-order chi connectivity index (χ0) is 8.10. The van der Waals surface area contributed by atoms with Crippen molar-refractivity contribution in [1.29, 1.82) is 5.26 Å². The summed E-state index contributed by atoms with van der Waals surface area (Å²) in [7, 11) is 0. The molecule has 0 unspecified atom stereocenters. The summed E-state index contributed by atoms with van der Waals surface area (Å²) in [5.74, 6) is 1.41. The Morgan fingerprint density at radius 2 is 1.73 bits per heavy atom. The summed E-state index contributed by atoms with van der Waals surface area (Å²) in [6.07, 6.45) is 5.66. The van der Waals surface area contributed by atoms with Crippen LogP contribution >= 0.6 is 0 Å². The van der Waals surface area contributed by atoms with E-state index in [9.17, 15) is 0 Å². The highest BCUT2D eigenvalue weighted by Crippen LogP contribution is 2.29. The van der Waals surface area contributed by atoms with Gasteiger partial charge in [0.05, 0.1) is 6.07 Å². The summed E-state index contributed by atoms with van der Waals surface area (Å²) in [6, 6.07) is 2.24. The zero-order valence-electron chi connectivity index (χ0n) is 6.92. The van der Waals surface area contributed by atoms with Crippen LogP contribution in [0.5, 0.6) is 0 Å². The van der Waals surface area contributed by atoms with Gasteiger partial charge in [-0.15, -0.1) is 0 Å². The number of hydrogen-bond acceptors (Lipinski definition) is 2. The molecule has 0 spiro atoms. The fraction of sp³-hybridized carbons (Fsp3) is 0.889. The lowest BCUT2D eigenvalue weighted by atomic mass is 9.81. The van der Waals surface area contributed by atoms with E-state index in [1.165, 1.54) is 25.7 Å². The SMILES string of the molecule is N#CC[C@H]1CC[C@H](CN)CC1. The molecule has 2 N–H and O–H groups in total. The van der Waals surface area contributed by atoms with Crippen LogP contribution in [0.1, 0.15) is 32.1 Å². The van der Waals surface area contributed by atoms with Gasteiger partial charge in [0, 0.05) is 6.42 Å². The van der Waals surface area contributed by atoms with Crippen LogP contribution in [0, 0.1) is 23.2 Å². The third-order valence-corrected chi connectivity index (χ3v) is 2.68. The van der Waals surface area contributed by atoms with Crippen molar-refractivity contribution in [2.45, 2.75) is 32.1 Å². The molecule has 0 aromatic rings. The van der Waals surface area contributed by atoms with E-state index in [-0.39, 0.29) is 0 Å². The van der Waals surface area contributed by atoms with Crippen molar-refractivity contribution >= 4 is 0 Å². The van der Waals surface area contributed by atoms with E-state index in [1.54, 1.807) is 0 Å². The van der Waals surface area contributed by atoms with E-state index in [4.69, 9.17) is 11.0 Å². The molecular weight excluding hydrogens is 136 g/mol. The van der Waals surface area contributed by atoms with Gasteiger partial charge in [0.15, 0.2) is 0 Å². The van der Waals surface area contributed by atoms with Crippen LogP contribution in [-0.4, -0.2) is 6.54 Å². The van der Waals surface area contributed by atoms with Crippen LogP contribution in [0.25, 0.3) is 0 Å². The Labute approximate surface area is 68.4 Å².